The number of esters is 4. The Labute approximate surface area is 343 Å². The highest BCUT2D eigenvalue weighted by molar-refractivity contribution is 5.83. The van der Waals surface area contributed by atoms with Gasteiger partial charge in [0.25, 0.3) is 0 Å². The van der Waals surface area contributed by atoms with Crippen LogP contribution in [-0.2, 0) is 38.1 Å². The van der Waals surface area contributed by atoms with Gasteiger partial charge in [-0.05, 0) is 173 Å². The maximum absolute atomic E-state index is 14.1. The molecule has 1 N–H and O–H groups in total. The molecule has 6 saturated carbocycles. The van der Waals surface area contributed by atoms with Crippen LogP contribution in [0.3, 0.4) is 0 Å². The normalized spacial score (nSPS) is 33.9. The molecule has 9 nitrogen and oxygen atoms in total. The zero-order chi connectivity index (χ0) is 36.1. The van der Waals surface area contributed by atoms with E-state index in [1.165, 1.54) is 12.8 Å². The van der Waals surface area contributed by atoms with E-state index in [-0.39, 0.29) is 69.7 Å². The van der Waals surface area contributed by atoms with E-state index < -0.39 is 45.5 Å². The van der Waals surface area contributed by atoms with Crippen LogP contribution in [0.25, 0.3) is 0 Å². The number of carbonyl (C=O) groups excluding carboxylic acids is 4. The summed E-state index contributed by atoms with van der Waals surface area (Å²) in [5.41, 5.74) is -3.80. The summed E-state index contributed by atoms with van der Waals surface area (Å²) in [4.78, 5) is 53.6. The van der Waals surface area contributed by atoms with Crippen LogP contribution in [0.15, 0.2) is 0 Å². The molecule has 1 aliphatic heterocycles. The third-order valence-electron chi connectivity index (χ3n) is 15.0. The average Bonchev–Trinajstić information content (AvgIpc) is 3.79. The third kappa shape index (κ3) is 10.7. The highest BCUT2D eigenvalue weighted by Gasteiger charge is 2.58. The van der Waals surface area contributed by atoms with Crippen molar-refractivity contribution in [3.63, 3.8) is 0 Å². The second-order valence-corrected chi connectivity index (χ2v) is 19.0. The van der Waals surface area contributed by atoms with E-state index in [1.54, 1.807) is 0 Å². The van der Waals surface area contributed by atoms with Crippen molar-refractivity contribution in [2.45, 2.75) is 213 Å². The van der Waals surface area contributed by atoms with Crippen molar-refractivity contribution in [1.29, 1.82) is 0 Å². The van der Waals surface area contributed by atoms with Gasteiger partial charge >= 0.3 is 23.9 Å². The van der Waals surface area contributed by atoms with E-state index in [4.69, 9.17) is 18.9 Å². The van der Waals surface area contributed by atoms with E-state index >= 15 is 0 Å². The molecule has 7 rings (SSSR count). The molecule has 1 heterocycles. The maximum Gasteiger partial charge on any atom is 0.347 e. The Balaban J connectivity index is 0.00000504. The van der Waals surface area contributed by atoms with Gasteiger partial charge in [-0.2, -0.15) is 0 Å². The van der Waals surface area contributed by atoms with Gasteiger partial charge in [0.15, 0.2) is 0 Å². The molecule has 0 aromatic heterocycles. The van der Waals surface area contributed by atoms with E-state index in [0.717, 1.165) is 56.8 Å². The van der Waals surface area contributed by atoms with Crippen molar-refractivity contribution in [2.24, 2.45) is 51.8 Å². The number of carbonyl (C=O) groups is 4. The van der Waals surface area contributed by atoms with E-state index in [0.29, 0.717) is 75.0 Å². The molecule has 0 amide bonds. The number of rotatable bonds is 16. The summed E-state index contributed by atoms with van der Waals surface area (Å²) in [6, 6.07) is 0. The van der Waals surface area contributed by atoms with Crippen molar-refractivity contribution in [3.05, 3.63) is 0 Å². The molecule has 0 radical (unpaired) electrons. The number of ether oxygens (including phenoxy) is 4. The number of aliphatic hydroxyl groups is 1. The highest BCUT2D eigenvalue weighted by atomic mass is 16.6. The lowest BCUT2D eigenvalue weighted by Gasteiger charge is -2.59. The van der Waals surface area contributed by atoms with Crippen LogP contribution in [0.4, 0.5) is 0 Å². The first-order valence-corrected chi connectivity index (χ1v) is 20.0. The molecule has 1 saturated heterocycles. The Kier molecular flexibility index (Phi) is 19.4. The quantitative estimate of drug-likeness (QED) is 0.0923. The lowest BCUT2D eigenvalue weighted by molar-refractivity contribution is -0.212. The minimum atomic E-state index is -1.06. The summed E-state index contributed by atoms with van der Waals surface area (Å²) in [7, 11) is 0. The first kappa shape index (κ1) is 53.8. The van der Waals surface area contributed by atoms with Crippen LogP contribution in [0, 0.1) is 51.8 Å². The summed E-state index contributed by atoms with van der Waals surface area (Å²) < 4.78 is 23.1. The Morgan fingerprint density at radius 3 is 1.79 bits per heavy atom. The molecule has 7 fully saturated rings. The molecule has 6 bridgehead atoms. The fourth-order valence-corrected chi connectivity index (χ4v) is 10.9. The Hall–Kier alpha value is -2.16. The van der Waals surface area contributed by atoms with Crippen molar-refractivity contribution in [1.82, 2.24) is 0 Å². The highest BCUT2D eigenvalue weighted by Crippen LogP contribution is 2.60. The lowest BCUT2D eigenvalue weighted by Crippen LogP contribution is -2.58. The first-order chi connectivity index (χ1) is 23.5. The molecule has 6 unspecified atom stereocenters. The summed E-state index contributed by atoms with van der Waals surface area (Å²) >= 11 is 0. The van der Waals surface area contributed by atoms with Gasteiger partial charge in [-0.3, -0.25) is 14.4 Å². The number of cyclic esters (lactones) is 1. The zero-order valence-electron chi connectivity index (χ0n) is 31.7. The predicted molar refractivity (Wildman–Crippen MR) is 227 cm³/mol. The monoisotopic (exact) mass is 797 g/mol. The van der Waals surface area contributed by atoms with Gasteiger partial charge in [-0.1, -0.05) is 51.5 Å². The van der Waals surface area contributed by atoms with Gasteiger partial charge in [-0.15, -0.1) is 0 Å². The van der Waals surface area contributed by atoms with E-state index in [1.807, 2.05) is 34.6 Å². The smallest absolute Gasteiger partial charge is 0.347 e. The van der Waals surface area contributed by atoms with Gasteiger partial charge in [0, 0.05) is 6.42 Å². The fraction of sp³-hybridized carbons (Fsp3) is 0.915. The second kappa shape index (κ2) is 20.2. The van der Waals surface area contributed by atoms with Crippen LogP contribution in [0.5, 0.6) is 0 Å². The molecule has 0 aromatic rings. The number of fused-ring (bicyclic) bond motifs is 2. The number of hydrogen-bond acceptors (Lipinski definition) is 9. The van der Waals surface area contributed by atoms with E-state index in [9.17, 15) is 24.3 Å². The molecule has 0 spiro atoms. The molecule has 6 atom stereocenters. The van der Waals surface area contributed by atoms with Crippen molar-refractivity contribution in [2.75, 3.05) is 13.2 Å². The summed E-state index contributed by atoms with van der Waals surface area (Å²) in [6.07, 6.45) is 12.8. The largest absolute Gasteiger partial charge is 0.465 e. The zero-order valence-corrected chi connectivity index (χ0v) is 31.7. The molecule has 0 aromatic carbocycles. The minimum absolute atomic E-state index is 0. The topological polar surface area (TPSA) is 125 Å². The van der Waals surface area contributed by atoms with Crippen LogP contribution in [0.2, 0.25) is 0 Å². The molecular weight excluding hydrogens is 709 g/mol. The van der Waals surface area contributed by atoms with Gasteiger partial charge in [-0.25, -0.2) is 4.79 Å². The van der Waals surface area contributed by atoms with E-state index in [2.05, 4.69) is 6.92 Å². The fourth-order valence-electron chi connectivity index (χ4n) is 10.9. The van der Waals surface area contributed by atoms with Crippen LogP contribution in [0.1, 0.15) is 195 Å². The standard InChI is InChI=1S/C41H64O9.6CH4/c1-7-38(4,36(45)50-40(6)30-21-27-19-28(23-30)24-31(40)22-27)15-16-39(5,35(44)49-32-11-18-47-33(32)42)14-13-37(2,3)34(43)48-17-8-12-41(46)25-26-9-10-29(41)20-26;;;;;;/h26-32,46H,7-25H2,1-6H3;6*1H4. The summed E-state index contributed by atoms with van der Waals surface area (Å²) in [5.74, 6) is 1.81. The third-order valence-corrected chi connectivity index (χ3v) is 15.0. The van der Waals surface area contributed by atoms with Gasteiger partial charge in [0.1, 0.15) is 5.60 Å². The number of hydrogen-bond donors (Lipinski definition) is 1. The van der Waals surface area contributed by atoms with Crippen LogP contribution >= 0.6 is 0 Å². The molecule has 330 valence electrons. The Morgan fingerprint density at radius 1 is 0.732 bits per heavy atom. The predicted octanol–water partition coefficient (Wildman–Crippen LogP) is 11.3. The van der Waals surface area contributed by atoms with Gasteiger partial charge in [0.2, 0.25) is 6.10 Å². The first-order valence-electron chi connectivity index (χ1n) is 20.0. The second-order valence-electron chi connectivity index (χ2n) is 19.0. The van der Waals surface area contributed by atoms with Crippen LogP contribution in [-0.4, -0.2) is 59.5 Å². The molecule has 6 aliphatic carbocycles. The summed E-state index contributed by atoms with van der Waals surface area (Å²) in [5, 5.41) is 11.1. The molecule has 7 aliphatic rings. The maximum atomic E-state index is 14.1. The minimum Gasteiger partial charge on any atom is -0.465 e. The summed E-state index contributed by atoms with van der Waals surface area (Å²) in [6.45, 7) is 12.1. The Bertz CT molecular complexity index is 1280. The van der Waals surface area contributed by atoms with Gasteiger partial charge < -0.3 is 24.1 Å². The van der Waals surface area contributed by atoms with Gasteiger partial charge in [0.05, 0.1) is 35.1 Å². The lowest BCUT2D eigenvalue weighted by atomic mass is 9.50. The molecular formula is C47H88O9. The van der Waals surface area contributed by atoms with Crippen molar-refractivity contribution in [3.8, 4) is 0 Å². The SMILES string of the molecule is C.C.C.C.C.C.CCC(C)(CCC(C)(CCC(C)(C)C(=O)OCCCC1(O)CC2CCC1C2)C(=O)OC1CCOC1=O)C(=O)OC1(C)C2CC3CC(C2)CC1C3. The van der Waals surface area contributed by atoms with Crippen molar-refractivity contribution >= 4 is 23.9 Å². The molecule has 56 heavy (non-hydrogen) atoms. The average molecular weight is 797 g/mol. The molecule has 9 heteroatoms. The van der Waals surface area contributed by atoms with Crippen LogP contribution < -0.4 is 0 Å². The Morgan fingerprint density at radius 2 is 1.29 bits per heavy atom. The van der Waals surface area contributed by atoms with Crippen molar-refractivity contribution < 1.29 is 43.2 Å².